The second kappa shape index (κ2) is 4.14. The van der Waals surface area contributed by atoms with Crippen molar-refractivity contribution in [1.82, 2.24) is 5.32 Å². The summed E-state index contributed by atoms with van der Waals surface area (Å²) in [6.07, 6.45) is 1.94. The van der Waals surface area contributed by atoms with Crippen LogP contribution in [0.15, 0.2) is 12.1 Å². The fourth-order valence-electron chi connectivity index (χ4n) is 1.96. The van der Waals surface area contributed by atoms with Crippen LogP contribution in [0.1, 0.15) is 24.3 Å². The van der Waals surface area contributed by atoms with Crippen LogP contribution in [0.3, 0.4) is 0 Å². The second-order valence-corrected chi connectivity index (χ2v) is 3.88. The van der Waals surface area contributed by atoms with E-state index in [0.29, 0.717) is 5.56 Å². The van der Waals surface area contributed by atoms with E-state index in [-0.39, 0.29) is 5.92 Å². The zero-order valence-corrected chi connectivity index (χ0v) is 8.26. The van der Waals surface area contributed by atoms with Gasteiger partial charge in [0.2, 0.25) is 0 Å². The summed E-state index contributed by atoms with van der Waals surface area (Å²) in [5.74, 6) is -2.50. The summed E-state index contributed by atoms with van der Waals surface area (Å²) in [5, 5.41) is 12.1. The Balaban J connectivity index is 2.27. The van der Waals surface area contributed by atoms with Crippen molar-refractivity contribution in [2.75, 3.05) is 13.1 Å². The van der Waals surface area contributed by atoms with E-state index in [0.717, 1.165) is 25.9 Å². The van der Waals surface area contributed by atoms with Gasteiger partial charge in [-0.05, 0) is 43.0 Å². The summed E-state index contributed by atoms with van der Waals surface area (Å²) in [4.78, 5) is 0. The van der Waals surface area contributed by atoms with Crippen LogP contribution in [0.4, 0.5) is 8.78 Å². The maximum atomic E-state index is 13.1. The molecule has 2 N–H and O–H groups in total. The Bertz CT molecular complexity index is 339. The Morgan fingerprint density at radius 2 is 1.93 bits per heavy atom. The molecule has 0 radical (unpaired) electrons. The van der Waals surface area contributed by atoms with E-state index in [4.69, 9.17) is 5.11 Å². The summed E-state index contributed by atoms with van der Waals surface area (Å²) in [6, 6.07) is 2.44. The minimum absolute atomic E-state index is 0.142. The largest absolute Gasteiger partial charge is 0.503 e. The van der Waals surface area contributed by atoms with Gasteiger partial charge < -0.3 is 10.4 Å². The Labute approximate surface area is 86.9 Å². The predicted molar refractivity (Wildman–Crippen MR) is 52.9 cm³/mol. The minimum Gasteiger partial charge on any atom is -0.503 e. The van der Waals surface area contributed by atoms with Crippen molar-refractivity contribution in [3.05, 3.63) is 29.3 Å². The van der Waals surface area contributed by atoms with Gasteiger partial charge in [-0.2, -0.15) is 0 Å². The van der Waals surface area contributed by atoms with Crippen LogP contribution in [-0.4, -0.2) is 18.2 Å². The van der Waals surface area contributed by atoms with Crippen molar-refractivity contribution < 1.29 is 13.9 Å². The highest BCUT2D eigenvalue weighted by molar-refractivity contribution is 5.32. The molecule has 0 aromatic heterocycles. The highest BCUT2D eigenvalue weighted by Crippen LogP contribution is 2.28. The number of nitrogens with one attached hydrogen (secondary N) is 1. The number of hydrogen-bond donors (Lipinski definition) is 2. The van der Waals surface area contributed by atoms with Crippen molar-refractivity contribution >= 4 is 0 Å². The molecular formula is C11H13F2NO. The molecule has 4 heteroatoms. The number of benzene rings is 1. The van der Waals surface area contributed by atoms with Crippen LogP contribution in [0, 0.1) is 11.6 Å². The molecule has 1 fully saturated rings. The van der Waals surface area contributed by atoms with Gasteiger partial charge in [0.25, 0.3) is 0 Å². The van der Waals surface area contributed by atoms with E-state index in [1.807, 2.05) is 0 Å². The Morgan fingerprint density at radius 1 is 1.27 bits per heavy atom. The number of aromatic hydroxyl groups is 1. The Kier molecular flexibility index (Phi) is 2.86. The van der Waals surface area contributed by atoms with Crippen LogP contribution in [0.25, 0.3) is 0 Å². The SMILES string of the molecule is Oc1c(F)cc(C2CCCNC2)cc1F. The minimum atomic E-state index is -0.887. The third kappa shape index (κ3) is 2.09. The molecule has 1 atom stereocenters. The van der Waals surface area contributed by atoms with Crippen molar-refractivity contribution in [2.45, 2.75) is 18.8 Å². The number of rotatable bonds is 1. The van der Waals surface area contributed by atoms with Crippen LogP contribution in [0.5, 0.6) is 5.75 Å². The van der Waals surface area contributed by atoms with Gasteiger partial charge in [0, 0.05) is 6.54 Å². The zero-order chi connectivity index (χ0) is 10.8. The first-order valence-electron chi connectivity index (χ1n) is 5.07. The molecule has 1 heterocycles. The van der Waals surface area contributed by atoms with E-state index < -0.39 is 17.4 Å². The van der Waals surface area contributed by atoms with Gasteiger partial charge in [0.15, 0.2) is 17.4 Å². The fourth-order valence-corrected chi connectivity index (χ4v) is 1.96. The molecular weight excluding hydrogens is 200 g/mol. The van der Waals surface area contributed by atoms with Gasteiger partial charge in [-0.25, -0.2) is 8.78 Å². The molecule has 1 unspecified atom stereocenters. The molecule has 1 saturated heterocycles. The average Bonchev–Trinajstić information content (AvgIpc) is 2.26. The van der Waals surface area contributed by atoms with Gasteiger partial charge in [-0.15, -0.1) is 0 Å². The third-order valence-electron chi connectivity index (χ3n) is 2.81. The Hall–Kier alpha value is -1.16. The summed E-state index contributed by atoms with van der Waals surface area (Å²) in [7, 11) is 0. The zero-order valence-electron chi connectivity index (χ0n) is 8.26. The molecule has 0 aliphatic carbocycles. The normalized spacial score (nSPS) is 21.6. The molecule has 1 aliphatic rings. The quantitative estimate of drug-likeness (QED) is 0.749. The van der Waals surface area contributed by atoms with Crippen LogP contribution < -0.4 is 5.32 Å². The molecule has 82 valence electrons. The lowest BCUT2D eigenvalue weighted by Crippen LogP contribution is -2.28. The number of hydrogen-bond acceptors (Lipinski definition) is 2. The molecule has 0 amide bonds. The summed E-state index contributed by atoms with van der Waals surface area (Å²) < 4.78 is 26.2. The lowest BCUT2D eigenvalue weighted by molar-refractivity contribution is 0.391. The molecule has 1 aliphatic heterocycles. The summed E-state index contributed by atoms with van der Waals surface area (Å²) in [6.45, 7) is 1.70. The third-order valence-corrected chi connectivity index (χ3v) is 2.81. The molecule has 1 aromatic carbocycles. The highest BCUT2D eigenvalue weighted by atomic mass is 19.1. The van der Waals surface area contributed by atoms with Crippen molar-refractivity contribution in [1.29, 1.82) is 0 Å². The van der Waals surface area contributed by atoms with Gasteiger partial charge in [0.05, 0.1) is 0 Å². The molecule has 0 spiro atoms. The lowest BCUT2D eigenvalue weighted by atomic mass is 9.91. The van der Waals surface area contributed by atoms with Gasteiger partial charge in [0.1, 0.15) is 0 Å². The summed E-state index contributed by atoms with van der Waals surface area (Å²) >= 11 is 0. The molecule has 2 rings (SSSR count). The maximum absolute atomic E-state index is 13.1. The first-order valence-corrected chi connectivity index (χ1v) is 5.07. The van der Waals surface area contributed by atoms with Crippen LogP contribution in [0.2, 0.25) is 0 Å². The smallest absolute Gasteiger partial charge is 0.187 e. The number of piperidine rings is 1. The average molecular weight is 213 g/mol. The molecule has 1 aromatic rings. The first kappa shape index (κ1) is 10.4. The maximum Gasteiger partial charge on any atom is 0.187 e. The predicted octanol–water partition coefficient (Wildman–Crippen LogP) is 2.14. The van der Waals surface area contributed by atoms with Gasteiger partial charge >= 0.3 is 0 Å². The van der Waals surface area contributed by atoms with Crippen LogP contribution >= 0.6 is 0 Å². The van der Waals surface area contributed by atoms with Gasteiger partial charge in [-0.1, -0.05) is 0 Å². The number of phenolic OH excluding ortho intramolecular Hbond substituents is 1. The van der Waals surface area contributed by atoms with E-state index in [1.165, 1.54) is 12.1 Å². The van der Waals surface area contributed by atoms with Crippen LogP contribution in [-0.2, 0) is 0 Å². The fraction of sp³-hybridized carbons (Fsp3) is 0.455. The second-order valence-electron chi connectivity index (χ2n) is 3.88. The number of halogens is 2. The first-order chi connectivity index (χ1) is 7.18. The Morgan fingerprint density at radius 3 is 2.47 bits per heavy atom. The molecule has 0 bridgehead atoms. The summed E-state index contributed by atoms with van der Waals surface area (Å²) in [5.41, 5.74) is 0.620. The van der Waals surface area contributed by atoms with Crippen molar-refractivity contribution in [3.63, 3.8) is 0 Å². The highest BCUT2D eigenvalue weighted by Gasteiger charge is 2.18. The van der Waals surface area contributed by atoms with Crippen molar-refractivity contribution in [3.8, 4) is 5.75 Å². The standard InChI is InChI=1S/C11H13F2NO/c12-9-4-8(5-10(13)11(9)15)7-2-1-3-14-6-7/h4-5,7,14-15H,1-3,6H2. The molecule has 2 nitrogen and oxygen atoms in total. The van der Waals surface area contributed by atoms with E-state index in [2.05, 4.69) is 5.32 Å². The number of phenols is 1. The van der Waals surface area contributed by atoms with Crippen molar-refractivity contribution in [2.24, 2.45) is 0 Å². The van der Waals surface area contributed by atoms with E-state index in [9.17, 15) is 8.78 Å². The molecule has 0 saturated carbocycles. The lowest BCUT2D eigenvalue weighted by Gasteiger charge is -2.23. The monoisotopic (exact) mass is 213 g/mol. The topological polar surface area (TPSA) is 32.3 Å². The van der Waals surface area contributed by atoms with E-state index >= 15 is 0 Å². The molecule has 15 heavy (non-hydrogen) atoms. The van der Waals surface area contributed by atoms with Gasteiger partial charge in [-0.3, -0.25) is 0 Å². The van der Waals surface area contributed by atoms with E-state index in [1.54, 1.807) is 0 Å².